The van der Waals surface area contributed by atoms with Gasteiger partial charge in [-0.15, -0.1) is 0 Å². The van der Waals surface area contributed by atoms with Gasteiger partial charge in [-0.1, -0.05) is 42.5 Å². The second kappa shape index (κ2) is 7.64. The van der Waals surface area contributed by atoms with Gasteiger partial charge in [0.25, 0.3) is 5.91 Å². The van der Waals surface area contributed by atoms with Gasteiger partial charge in [0.05, 0.1) is 34.4 Å². The van der Waals surface area contributed by atoms with E-state index in [1.54, 1.807) is 6.20 Å². The van der Waals surface area contributed by atoms with Gasteiger partial charge < -0.3 is 5.32 Å². The number of pyridine rings is 1. The van der Waals surface area contributed by atoms with Crippen LogP contribution in [0.5, 0.6) is 0 Å². The average molecular weight is 370 g/mol. The number of benzene rings is 1. The van der Waals surface area contributed by atoms with E-state index in [2.05, 4.69) is 32.7 Å². The molecule has 0 fully saturated rings. The summed E-state index contributed by atoms with van der Waals surface area (Å²) in [5, 5.41) is 11.1. The summed E-state index contributed by atoms with van der Waals surface area (Å²) in [6.07, 6.45) is 13.9. The lowest BCUT2D eigenvalue weighted by molar-refractivity contribution is 0.102. The Bertz CT molecular complexity index is 1130. The Morgan fingerprint density at radius 1 is 1.14 bits per heavy atom. The van der Waals surface area contributed by atoms with E-state index in [4.69, 9.17) is 0 Å². The molecule has 0 unspecified atom stereocenters. The topological polar surface area (TPSA) is 70.7 Å². The summed E-state index contributed by atoms with van der Waals surface area (Å²) in [7, 11) is 0. The number of aryl methyl sites for hydroxylation is 2. The number of carbonyl (C=O) groups is 1. The minimum atomic E-state index is -0.189. The molecule has 5 nitrogen and oxygen atoms in total. The maximum absolute atomic E-state index is 13.0. The first-order valence-electron chi connectivity index (χ1n) is 9.38. The van der Waals surface area contributed by atoms with Gasteiger partial charge >= 0.3 is 0 Å². The molecule has 2 aromatic heterocycles. The third-order valence-electron chi connectivity index (χ3n) is 4.81. The van der Waals surface area contributed by atoms with Gasteiger partial charge in [-0.2, -0.15) is 5.10 Å². The van der Waals surface area contributed by atoms with Crippen LogP contribution >= 0.6 is 0 Å². The molecule has 1 aromatic carbocycles. The van der Waals surface area contributed by atoms with Crippen molar-refractivity contribution in [2.75, 3.05) is 5.32 Å². The lowest BCUT2D eigenvalue weighted by atomic mass is 10.1. The van der Waals surface area contributed by atoms with E-state index < -0.39 is 0 Å². The van der Waals surface area contributed by atoms with Gasteiger partial charge in [-0.05, 0) is 50.0 Å². The summed E-state index contributed by atoms with van der Waals surface area (Å²) >= 11 is 0. The van der Waals surface area contributed by atoms with Crippen LogP contribution in [0.4, 0.5) is 5.69 Å². The molecular weight excluding hydrogens is 348 g/mol. The van der Waals surface area contributed by atoms with Crippen molar-refractivity contribution in [3.63, 3.8) is 0 Å². The third-order valence-corrected chi connectivity index (χ3v) is 4.81. The predicted molar refractivity (Wildman–Crippen MR) is 113 cm³/mol. The van der Waals surface area contributed by atoms with Crippen molar-refractivity contribution >= 4 is 28.1 Å². The smallest absolute Gasteiger partial charge is 0.257 e. The summed E-state index contributed by atoms with van der Waals surface area (Å²) in [6.45, 7) is 3.89. The third kappa shape index (κ3) is 3.64. The van der Waals surface area contributed by atoms with Crippen LogP contribution < -0.4 is 5.32 Å². The maximum atomic E-state index is 13.0. The highest BCUT2D eigenvalue weighted by Crippen LogP contribution is 2.25. The van der Waals surface area contributed by atoms with Crippen LogP contribution in [0.15, 0.2) is 60.8 Å². The van der Waals surface area contributed by atoms with E-state index in [0.717, 1.165) is 40.6 Å². The molecule has 28 heavy (non-hydrogen) atoms. The van der Waals surface area contributed by atoms with Crippen molar-refractivity contribution in [2.45, 2.75) is 26.7 Å². The lowest BCUT2D eigenvalue weighted by Gasteiger charge is -2.10. The van der Waals surface area contributed by atoms with E-state index in [9.17, 15) is 4.79 Å². The summed E-state index contributed by atoms with van der Waals surface area (Å²) in [5.74, 6) is -0.189. The fourth-order valence-electron chi connectivity index (χ4n) is 3.32. The molecule has 1 amide bonds. The second-order valence-electron chi connectivity index (χ2n) is 6.95. The summed E-state index contributed by atoms with van der Waals surface area (Å²) in [5.41, 5.74) is 5.80. The van der Waals surface area contributed by atoms with E-state index in [0.29, 0.717) is 16.9 Å². The van der Waals surface area contributed by atoms with Crippen molar-refractivity contribution in [1.29, 1.82) is 0 Å². The zero-order chi connectivity index (χ0) is 19.5. The quantitative estimate of drug-likeness (QED) is 0.672. The number of allylic oxidation sites excluding steroid dienone is 6. The number of rotatable bonds is 3. The van der Waals surface area contributed by atoms with Crippen LogP contribution in [-0.2, 0) is 0 Å². The first-order valence-corrected chi connectivity index (χ1v) is 9.38. The molecule has 0 atom stereocenters. The number of hydrogen-bond donors (Lipinski definition) is 2. The molecule has 4 rings (SSSR count). The normalized spacial score (nSPS) is 15.0. The van der Waals surface area contributed by atoms with Crippen LogP contribution in [0.2, 0.25) is 0 Å². The van der Waals surface area contributed by atoms with Gasteiger partial charge in [0, 0.05) is 5.39 Å². The number of H-pyrrole nitrogens is 1. The van der Waals surface area contributed by atoms with Crippen molar-refractivity contribution in [3.8, 4) is 0 Å². The molecule has 1 aliphatic carbocycles. The zero-order valence-corrected chi connectivity index (χ0v) is 16.0. The standard InChI is InChI=1S/C23H22N4O/c1-15-10-11-18-13-19(16(2)25-20(18)12-15)23(28)26-21-14-24-27-22(21)17-8-6-4-3-5-7-9-17/h3-4,6,8-14H,5,7H2,1-2H3,(H,24,27)(H,26,28)/b4-3+,8-6?,17-9?. The number of hydrogen-bond acceptors (Lipinski definition) is 3. The Morgan fingerprint density at radius 3 is 2.93 bits per heavy atom. The Balaban J connectivity index is 1.64. The maximum Gasteiger partial charge on any atom is 0.257 e. The number of nitrogens with one attached hydrogen (secondary N) is 2. The molecular formula is C23H22N4O. The number of aromatic amines is 1. The van der Waals surface area contributed by atoms with Gasteiger partial charge in [-0.25, -0.2) is 0 Å². The molecule has 0 saturated carbocycles. The number of nitrogens with zero attached hydrogens (tertiary/aromatic N) is 2. The van der Waals surface area contributed by atoms with Crippen molar-refractivity contribution in [2.24, 2.45) is 0 Å². The number of carbonyl (C=O) groups excluding carboxylic acids is 1. The molecule has 140 valence electrons. The minimum absolute atomic E-state index is 0.189. The fraction of sp³-hybridized carbons (Fsp3) is 0.174. The SMILES string of the molecule is Cc1ccc2cc(C(=O)Nc3cn[nH]c3C3=CCC/C=C/C=C3)c(C)nc2c1. The Labute approximate surface area is 163 Å². The first-order chi connectivity index (χ1) is 13.6. The molecule has 0 radical (unpaired) electrons. The molecule has 1 aliphatic rings. The molecule has 0 spiro atoms. The molecule has 5 heteroatoms. The Hall–Kier alpha value is -3.47. The Morgan fingerprint density at radius 2 is 2.04 bits per heavy atom. The number of fused-ring (bicyclic) bond motifs is 1. The fourth-order valence-corrected chi connectivity index (χ4v) is 3.32. The van der Waals surface area contributed by atoms with Crippen LogP contribution in [0.1, 0.15) is 40.2 Å². The van der Waals surface area contributed by atoms with E-state index in [1.165, 1.54) is 0 Å². The first kappa shape index (κ1) is 17.9. The van der Waals surface area contributed by atoms with Crippen molar-refractivity contribution < 1.29 is 4.79 Å². The van der Waals surface area contributed by atoms with Crippen LogP contribution in [0.3, 0.4) is 0 Å². The summed E-state index contributed by atoms with van der Waals surface area (Å²) < 4.78 is 0. The molecule has 0 saturated heterocycles. The lowest BCUT2D eigenvalue weighted by Crippen LogP contribution is -2.15. The van der Waals surface area contributed by atoms with Crippen LogP contribution in [-0.4, -0.2) is 21.1 Å². The van der Waals surface area contributed by atoms with Crippen molar-refractivity contribution in [3.05, 3.63) is 83.4 Å². The largest absolute Gasteiger partial charge is 0.319 e. The molecule has 0 bridgehead atoms. The molecule has 2 N–H and O–H groups in total. The highest BCUT2D eigenvalue weighted by atomic mass is 16.1. The second-order valence-corrected chi connectivity index (χ2v) is 6.95. The zero-order valence-electron chi connectivity index (χ0n) is 16.0. The highest BCUT2D eigenvalue weighted by Gasteiger charge is 2.16. The van der Waals surface area contributed by atoms with Gasteiger partial charge in [-0.3, -0.25) is 14.9 Å². The summed E-state index contributed by atoms with van der Waals surface area (Å²) in [6, 6.07) is 7.94. The van der Waals surface area contributed by atoms with Gasteiger partial charge in [0.15, 0.2) is 0 Å². The Kier molecular flexibility index (Phi) is 4.89. The molecule has 2 heterocycles. The monoisotopic (exact) mass is 370 g/mol. The van der Waals surface area contributed by atoms with E-state index in [-0.39, 0.29) is 5.91 Å². The highest BCUT2D eigenvalue weighted by molar-refractivity contribution is 6.07. The minimum Gasteiger partial charge on any atom is -0.319 e. The number of aromatic nitrogens is 3. The average Bonchev–Trinajstić information content (AvgIpc) is 3.08. The van der Waals surface area contributed by atoms with E-state index >= 15 is 0 Å². The van der Waals surface area contributed by atoms with E-state index in [1.807, 2.05) is 56.3 Å². The molecule has 3 aromatic rings. The van der Waals surface area contributed by atoms with Gasteiger partial charge in [0.1, 0.15) is 0 Å². The van der Waals surface area contributed by atoms with Crippen molar-refractivity contribution in [1.82, 2.24) is 15.2 Å². The molecule has 0 aliphatic heterocycles. The number of anilines is 1. The summed E-state index contributed by atoms with van der Waals surface area (Å²) in [4.78, 5) is 17.6. The van der Waals surface area contributed by atoms with Crippen LogP contribution in [0.25, 0.3) is 16.5 Å². The van der Waals surface area contributed by atoms with Crippen LogP contribution in [0, 0.1) is 13.8 Å². The number of amides is 1. The van der Waals surface area contributed by atoms with Gasteiger partial charge in [0.2, 0.25) is 0 Å². The predicted octanol–water partition coefficient (Wildman–Crippen LogP) is 5.12.